The lowest BCUT2D eigenvalue weighted by Gasteiger charge is -2.55. The van der Waals surface area contributed by atoms with Gasteiger partial charge in [0.15, 0.2) is 0 Å². The topological polar surface area (TPSA) is 55.1 Å². The van der Waals surface area contributed by atoms with Gasteiger partial charge in [0.25, 0.3) is 0 Å². The fourth-order valence-corrected chi connectivity index (χ4v) is 3.52. The van der Waals surface area contributed by atoms with Crippen LogP contribution in [0.1, 0.15) is 40.5 Å². The summed E-state index contributed by atoms with van der Waals surface area (Å²) in [6.07, 6.45) is 2.05. The highest BCUT2D eigenvalue weighted by atomic mass is 16.1. The summed E-state index contributed by atoms with van der Waals surface area (Å²) in [5.74, 6) is -0.129. The Morgan fingerprint density at radius 3 is 2.40 bits per heavy atom. The number of carbonyl (C=O) groups excluding carboxylic acids is 1. The summed E-state index contributed by atoms with van der Waals surface area (Å²) in [5.41, 5.74) is 5.43. The molecule has 0 aromatic carbocycles. The lowest BCUT2D eigenvalue weighted by Crippen LogP contribution is -2.57. The molecule has 0 aromatic heterocycles. The van der Waals surface area contributed by atoms with Crippen molar-refractivity contribution >= 4 is 5.91 Å². The third kappa shape index (κ3) is 1.13. The average Bonchev–Trinajstić information content (AvgIpc) is 2.44. The number of rotatable bonds is 1. The molecule has 1 amide bonds. The van der Waals surface area contributed by atoms with Crippen molar-refractivity contribution in [3.63, 3.8) is 0 Å². The molecule has 2 atom stereocenters. The van der Waals surface area contributed by atoms with Gasteiger partial charge in [0.1, 0.15) is 0 Å². The second kappa shape index (κ2) is 2.76. The molecule has 2 bridgehead atoms. The first-order valence-electron chi connectivity index (χ1n) is 5.76. The number of carbonyl (C=O) groups is 1. The lowest BCUT2D eigenvalue weighted by atomic mass is 9.48. The molecule has 1 heterocycles. The number of hydrogen-bond donors (Lipinski definition) is 2. The summed E-state index contributed by atoms with van der Waals surface area (Å²) in [6.45, 7) is 9.65. The summed E-state index contributed by atoms with van der Waals surface area (Å²) in [4.78, 5) is 11.8. The van der Waals surface area contributed by atoms with Crippen molar-refractivity contribution in [2.45, 2.75) is 46.6 Å². The molecular formula is C12H22N2O. The molecule has 3 N–H and O–H groups in total. The van der Waals surface area contributed by atoms with Crippen LogP contribution in [-0.2, 0) is 4.79 Å². The van der Waals surface area contributed by atoms with Crippen molar-refractivity contribution in [1.29, 1.82) is 0 Å². The molecule has 1 saturated heterocycles. The van der Waals surface area contributed by atoms with Crippen LogP contribution in [0.4, 0.5) is 0 Å². The zero-order chi connectivity index (χ0) is 11.5. The molecule has 1 aliphatic heterocycles. The van der Waals surface area contributed by atoms with Crippen LogP contribution in [0.15, 0.2) is 0 Å². The summed E-state index contributed by atoms with van der Waals surface area (Å²) in [6, 6.07) is 0.473. The minimum Gasteiger partial charge on any atom is -0.369 e. The molecule has 0 aromatic rings. The van der Waals surface area contributed by atoms with Gasteiger partial charge in [-0.3, -0.25) is 4.79 Å². The number of amides is 1. The summed E-state index contributed by atoms with van der Waals surface area (Å²) < 4.78 is 0. The van der Waals surface area contributed by atoms with E-state index in [-0.39, 0.29) is 22.2 Å². The first-order chi connectivity index (χ1) is 6.73. The van der Waals surface area contributed by atoms with Gasteiger partial charge >= 0.3 is 0 Å². The van der Waals surface area contributed by atoms with Gasteiger partial charge in [-0.05, 0) is 23.7 Å². The molecule has 2 aliphatic rings. The Morgan fingerprint density at radius 2 is 1.87 bits per heavy atom. The van der Waals surface area contributed by atoms with Gasteiger partial charge in [-0.15, -0.1) is 0 Å². The van der Waals surface area contributed by atoms with E-state index >= 15 is 0 Å². The van der Waals surface area contributed by atoms with E-state index < -0.39 is 0 Å². The standard InChI is InChI=1S/C12H22N2O/c1-10(2)5-8-6-12(7-14-8,9(13)15)11(10,3)4/h8,14H,5-7H2,1-4H3,(H2,13,15). The molecular weight excluding hydrogens is 188 g/mol. The van der Waals surface area contributed by atoms with Crippen molar-refractivity contribution in [2.24, 2.45) is 22.0 Å². The Balaban J connectivity index is 2.50. The molecule has 15 heavy (non-hydrogen) atoms. The predicted molar refractivity (Wildman–Crippen MR) is 60.2 cm³/mol. The van der Waals surface area contributed by atoms with Gasteiger partial charge in [0, 0.05) is 12.6 Å². The normalized spacial score (nSPS) is 41.5. The predicted octanol–water partition coefficient (Wildman–Crippen LogP) is 1.28. The van der Waals surface area contributed by atoms with Crippen molar-refractivity contribution < 1.29 is 4.79 Å². The van der Waals surface area contributed by atoms with Crippen molar-refractivity contribution in [1.82, 2.24) is 5.32 Å². The lowest BCUT2D eigenvalue weighted by molar-refractivity contribution is -0.144. The van der Waals surface area contributed by atoms with Crippen LogP contribution >= 0.6 is 0 Å². The Morgan fingerprint density at radius 1 is 1.27 bits per heavy atom. The van der Waals surface area contributed by atoms with Gasteiger partial charge in [0.2, 0.25) is 5.91 Å². The molecule has 2 rings (SSSR count). The van der Waals surface area contributed by atoms with E-state index in [2.05, 4.69) is 33.0 Å². The molecule has 1 saturated carbocycles. The molecule has 86 valence electrons. The second-order valence-electron chi connectivity index (χ2n) is 6.44. The van der Waals surface area contributed by atoms with Crippen LogP contribution in [0.2, 0.25) is 0 Å². The minimum absolute atomic E-state index is 0.0359. The van der Waals surface area contributed by atoms with Crippen molar-refractivity contribution in [2.75, 3.05) is 6.54 Å². The fourth-order valence-electron chi connectivity index (χ4n) is 3.52. The molecule has 3 heteroatoms. The highest BCUT2D eigenvalue weighted by Gasteiger charge is 2.63. The van der Waals surface area contributed by atoms with E-state index in [9.17, 15) is 4.79 Å². The van der Waals surface area contributed by atoms with Gasteiger partial charge < -0.3 is 11.1 Å². The van der Waals surface area contributed by atoms with E-state index in [4.69, 9.17) is 5.73 Å². The monoisotopic (exact) mass is 210 g/mol. The first-order valence-corrected chi connectivity index (χ1v) is 5.76. The SMILES string of the molecule is CC1(C)CC2CC(C(N)=O)(CN2)C1(C)C. The molecule has 2 unspecified atom stereocenters. The van der Waals surface area contributed by atoms with Gasteiger partial charge in [-0.2, -0.15) is 0 Å². The summed E-state index contributed by atoms with van der Waals surface area (Å²) >= 11 is 0. The van der Waals surface area contributed by atoms with Gasteiger partial charge in [-0.1, -0.05) is 27.7 Å². The van der Waals surface area contributed by atoms with E-state index in [0.29, 0.717) is 6.04 Å². The maximum atomic E-state index is 11.8. The Bertz CT molecular complexity index is 309. The van der Waals surface area contributed by atoms with E-state index in [1.165, 1.54) is 0 Å². The van der Waals surface area contributed by atoms with E-state index in [1.54, 1.807) is 0 Å². The molecule has 2 fully saturated rings. The van der Waals surface area contributed by atoms with E-state index in [0.717, 1.165) is 19.4 Å². The second-order valence-corrected chi connectivity index (χ2v) is 6.44. The molecule has 1 aliphatic carbocycles. The van der Waals surface area contributed by atoms with Crippen LogP contribution in [-0.4, -0.2) is 18.5 Å². The third-order valence-corrected chi connectivity index (χ3v) is 5.40. The maximum absolute atomic E-state index is 11.8. The highest BCUT2D eigenvalue weighted by Crippen LogP contribution is 2.61. The zero-order valence-corrected chi connectivity index (χ0v) is 10.2. The number of fused-ring (bicyclic) bond motifs is 2. The number of primary amides is 1. The first kappa shape index (κ1) is 10.9. The number of nitrogens with two attached hydrogens (primary N) is 1. The molecule has 0 spiro atoms. The highest BCUT2D eigenvalue weighted by molar-refractivity contribution is 5.83. The quantitative estimate of drug-likeness (QED) is 0.685. The van der Waals surface area contributed by atoms with Crippen LogP contribution in [0.25, 0.3) is 0 Å². The Kier molecular flexibility index (Phi) is 2.01. The Hall–Kier alpha value is -0.570. The van der Waals surface area contributed by atoms with Crippen molar-refractivity contribution in [3.8, 4) is 0 Å². The third-order valence-electron chi connectivity index (χ3n) is 5.40. The van der Waals surface area contributed by atoms with Gasteiger partial charge in [0.05, 0.1) is 5.41 Å². The largest absolute Gasteiger partial charge is 0.369 e. The van der Waals surface area contributed by atoms with Crippen molar-refractivity contribution in [3.05, 3.63) is 0 Å². The van der Waals surface area contributed by atoms with Crippen LogP contribution in [0.5, 0.6) is 0 Å². The molecule has 0 radical (unpaired) electrons. The van der Waals surface area contributed by atoms with E-state index in [1.807, 2.05) is 0 Å². The Labute approximate surface area is 91.8 Å². The average molecular weight is 210 g/mol. The fraction of sp³-hybridized carbons (Fsp3) is 0.917. The maximum Gasteiger partial charge on any atom is 0.225 e. The van der Waals surface area contributed by atoms with Crippen LogP contribution in [0.3, 0.4) is 0 Å². The smallest absolute Gasteiger partial charge is 0.225 e. The van der Waals surface area contributed by atoms with Gasteiger partial charge in [-0.25, -0.2) is 0 Å². The zero-order valence-electron chi connectivity index (χ0n) is 10.2. The summed E-state index contributed by atoms with van der Waals surface area (Å²) in [5, 5.41) is 3.45. The molecule has 3 nitrogen and oxygen atoms in total. The van der Waals surface area contributed by atoms with Crippen LogP contribution < -0.4 is 11.1 Å². The minimum atomic E-state index is -0.348. The summed E-state index contributed by atoms with van der Waals surface area (Å²) in [7, 11) is 0. The van der Waals surface area contributed by atoms with Crippen LogP contribution in [0, 0.1) is 16.2 Å². The number of nitrogens with one attached hydrogen (secondary N) is 1. The number of hydrogen-bond acceptors (Lipinski definition) is 2.